The smallest absolute Gasteiger partial charge is 0.338 e. The summed E-state index contributed by atoms with van der Waals surface area (Å²) in [7, 11) is -3.82. The molecule has 1 aromatic heterocycles. The number of anilines is 1. The molecule has 0 aliphatic carbocycles. The maximum Gasteiger partial charge on any atom is 0.338 e. The number of ether oxygens (including phenoxy) is 1. The summed E-state index contributed by atoms with van der Waals surface area (Å²) in [6.45, 7) is -0.0865. The Morgan fingerprint density at radius 1 is 1.03 bits per heavy atom. The van der Waals surface area contributed by atoms with Gasteiger partial charge in [-0.05, 0) is 48.4 Å². The number of esters is 1. The van der Waals surface area contributed by atoms with Crippen LogP contribution in [0.3, 0.4) is 0 Å². The van der Waals surface area contributed by atoms with Gasteiger partial charge in [0.25, 0.3) is 10.0 Å². The van der Waals surface area contributed by atoms with Gasteiger partial charge < -0.3 is 9.72 Å². The maximum atomic E-state index is 13.1. The molecular formula is C21H18N2O5S. The molecule has 3 aromatic rings. The Labute approximate surface area is 168 Å². The Balaban J connectivity index is 1.52. The fourth-order valence-corrected chi connectivity index (χ4v) is 4.81. The number of nitrogens with zero attached hydrogens (tertiary/aromatic N) is 1. The van der Waals surface area contributed by atoms with Crippen LogP contribution in [0.1, 0.15) is 26.4 Å². The van der Waals surface area contributed by atoms with Gasteiger partial charge in [-0.15, -0.1) is 0 Å². The van der Waals surface area contributed by atoms with Crippen molar-refractivity contribution in [3.8, 4) is 0 Å². The zero-order valence-corrected chi connectivity index (χ0v) is 16.2. The zero-order valence-electron chi connectivity index (χ0n) is 15.4. The van der Waals surface area contributed by atoms with Crippen molar-refractivity contribution in [2.45, 2.75) is 11.3 Å². The van der Waals surface area contributed by atoms with Crippen LogP contribution in [0, 0.1) is 0 Å². The number of Topliss-reactive ketones (excluding diaryl/α,β-unsaturated/α-hetero) is 1. The highest BCUT2D eigenvalue weighted by atomic mass is 32.2. The average Bonchev–Trinajstić information content (AvgIpc) is 3.42. The van der Waals surface area contributed by atoms with Crippen LogP contribution in [-0.2, 0) is 21.2 Å². The van der Waals surface area contributed by atoms with E-state index >= 15 is 0 Å². The number of hydrogen-bond donors (Lipinski definition) is 1. The number of aromatic nitrogens is 1. The van der Waals surface area contributed by atoms with E-state index in [4.69, 9.17) is 4.74 Å². The number of fused-ring (bicyclic) bond motifs is 1. The van der Waals surface area contributed by atoms with Crippen molar-refractivity contribution < 1.29 is 22.7 Å². The quantitative estimate of drug-likeness (QED) is 0.498. The Kier molecular flexibility index (Phi) is 4.94. The minimum Gasteiger partial charge on any atom is -0.454 e. The molecule has 7 nitrogen and oxygen atoms in total. The molecule has 0 atom stereocenters. The highest BCUT2D eigenvalue weighted by Gasteiger charge is 2.31. The Hall–Kier alpha value is -3.39. The number of aromatic amines is 1. The Morgan fingerprint density at radius 3 is 2.66 bits per heavy atom. The van der Waals surface area contributed by atoms with Crippen molar-refractivity contribution in [1.29, 1.82) is 0 Å². The van der Waals surface area contributed by atoms with Crippen molar-refractivity contribution in [1.82, 2.24) is 4.98 Å². The largest absolute Gasteiger partial charge is 0.454 e. The van der Waals surface area contributed by atoms with Crippen molar-refractivity contribution >= 4 is 27.5 Å². The average molecular weight is 410 g/mol. The molecule has 4 rings (SSSR count). The molecule has 0 saturated heterocycles. The molecule has 0 amide bonds. The summed E-state index contributed by atoms with van der Waals surface area (Å²) >= 11 is 0. The number of hydrogen-bond acceptors (Lipinski definition) is 5. The van der Waals surface area contributed by atoms with E-state index in [1.807, 2.05) is 12.1 Å². The number of carbonyl (C=O) groups is 2. The highest BCUT2D eigenvalue weighted by Crippen LogP contribution is 2.32. The molecule has 1 aliphatic rings. The third-order valence-electron chi connectivity index (χ3n) is 4.73. The molecule has 0 spiro atoms. The number of nitrogens with one attached hydrogen (secondary N) is 1. The van der Waals surface area contributed by atoms with E-state index in [9.17, 15) is 18.0 Å². The van der Waals surface area contributed by atoms with Crippen LogP contribution in [-0.4, -0.2) is 38.3 Å². The Bertz CT molecular complexity index is 1170. The number of ketones is 1. The fourth-order valence-electron chi connectivity index (χ4n) is 3.26. The van der Waals surface area contributed by atoms with Gasteiger partial charge in [-0.1, -0.05) is 24.3 Å². The van der Waals surface area contributed by atoms with Gasteiger partial charge in [-0.2, -0.15) is 0 Å². The lowest BCUT2D eigenvalue weighted by atomic mass is 10.2. The van der Waals surface area contributed by atoms with E-state index in [1.54, 1.807) is 30.5 Å². The van der Waals surface area contributed by atoms with Crippen molar-refractivity contribution in [2.75, 3.05) is 17.5 Å². The van der Waals surface area contributed by atoms with E-state index in [-0.39, 0.29) is 16.2 Å². The number of rotatable bonds is 6. The summed E-state index contributed by atoms with van der Waals surface area (Å²) < 4.78 is 32.6. The van der Waals surface area contributed by atoms with Crippen LogP contribution in [0.15, 0.2) is 71.8 Å². The molecule has 0 bridgehead atoms. The molecule has 2 aromatic carbocycles. The summed E-state index contributed by atoms with van der Waals surface area (Å²) in [6.07, 6.45) is 2.23. The van der Waals surface area contributed by atoms with Crippen LogP contribution >= 0.6 is 0 Å². The maximum absolute atomic E-state index is 13.1. The monoisotopic (exact) mass is 410 g/mol. The van der Waals surface area contributed by atoms with Crippen molar-refractivity contribution in [3.63, 3.8) is 0 Å². The predicted octanol–water partition coefficient (Wildman–Crippen LogP) is 2.81. The SMILES string of the molecule is O=C(OCC(=O)c1ccc[nH]1)c1cccc(S(=O)(=O)N2CCc3ccccc32)c1. The molecule has 1 aliphatic heterocycles. The van der Waals surface area contributed by atoms with Crippen LogP contribution in [0.2, 0.25) is 0 Å². The van der Waals surface area contributed by atoms with Gasteiger partial charge in [0.15, 0.2) is 6.61 Å². The highest BCUT2D eigenvalue weighted by molar-refractivity contribution is 7.92. The number of benzene rings is 2. The summed E-state index contributed by atoms with van der Waals surface area (Å²) in [5, 5.41) is 0. The molecule has 148 valence electrons. The normalized spacial score (nSPS) is 13.2. The van der Waals surface area contributed by atoms with Gasteiger partial charge in [0.2, 0.25) is 5.78 Å². The molecule has 1 N–H and O–H groups in total. The third-order valence-corrected chi connectivity index (χ3v) is 6.54. The summed E-state index contributed by atoms with van der Waals surface area (Å²) in [4.78, 5) is 27.0. The second kappa shape index (κ2) is 7.56. The van der Waals surface area contributed by atoms with Gasteiger partial charge in [0.1, 0.15) is 0 Å². The molecule has 29 heavy (non-hydrogen) atoms. The van der Waals surface area contributed by atoms with Crippen LogP contribution in [0.4, 0.5) is 5.69 Å². The predicted molar refractivity (Wildman–Crippen MR) is 107 cm³/mol. The zero-order chi connectivity index (χ0) is 20.4. The first-order chi connectivity index (χ1) is 14.0. The molecule has 0 fully saturated rings. The van der Waals surface area contributed by atoms with E-state index in [0.717, 1.165) is 5.56 Å². The first kappa shape index (κ1) is 18.9. The van der Waals surface area contributed by atoms with E-state index < -0.39 is 22.6 Å². The second-order valence-corrected chi connectivity index (χ2v) is 8.43. The first-order valence-electron chi connectivity index (χ1n) is 9.01. The van der Waals surface area contributed by atoms with Crippen LogP contribution in [0.5, 0.6) is 0 Å². The third kappa shape index (κ3) is 3.66. The second-order valence-electron chi connectivity index (χ2n) is 6.57. The molecule has 8 heteroatoms. The summed E-state index contributed by atoms with van der Waals surface area (Å²) in [6, 6.07) is 16.2. The lowest BCUT2D eigenvalue weighted by Gasteiger charge is -2.19. The number of para-hydroxylation sites is 1. The summed E-state index contributed by atoms with van der Waals surface area (Å²) in [5.74, 6) is -1.13. The number of carbonyl (C=O) groups excluding carboxylic acids is 2. The van der Waals surface area contributed by atoms with E-state index in [0.29, 0.717) is 24.3 Å². The lowest BCUT2D eigenvalue weighted by molar-refractivity contribution is 0.0473. The standard InChI is InChI=1S/C21H18N2O5S/c24-20(18-8-4-11-22-18)14-28-21(25)16-6-3-7-17(13-16)29(26,27)23-12-10-15-5-1-2-9-19(15)23/h1-9,11,13,22H,10,12,14H2. The minimum atomic E-state index is -3.82. The van der Waals surface area contributed by atoms with Gasteiger partial charge in [0.05, 0.1) is 21.8 Å². The fraction of sp³-hybridized carbons (Fsp3) is 0.143. The first-order valence-corrected chi connectivity index (χ1v) is 10.5. The van der Waals surface area contributed by atoms with Crippen LogP contribution < -0.4 is 4.31 Å². The topological polar surface area (TPSA) is 96.5 Å². The van der Waals surface area contributed by atoms with Gasteiger partial charge in [-0.3, -0.25) is 9.10 Å². The van der Waals surface area contributed by atoms with Crippen LogP contribution in [0.25, 0.3) is 0 Å². The molecular weight excluding hydrogens is 392 g/mol. The Morgan fingerprint density at radius 2 is 1.86 bits per heavy atom. The van der Waals surface area contributed by atoms with E-state index in [2.05, 4.69) is 4.98 Å². The van der Waals surface area contributed by atoms with Crippen molar-refractivity contribution in [3.05, 3.63) is 83.7 Å². The molecule has 0 saturated carbocycles. The lowest BCUT2D eigenvalue weighted by Crippen LogP contribution is -2.29. The number of H-pyrrole nitrogens is 1. The van der Waals surface area contributed by atoms with E-state index in [1.165, 1.54) is 28.6 Å². The van der Waals surface area contributed by atoms with Crippen molar-refractivity contribution in [2.24, 2.45) is 0 Å². The minimum absolute atomic E-state index is 0.000604. The number of sulfonamides is 1. The van der Waals surface area contributed by atoms with Gasteiger partial charge in [0, 0.05) is 12.7 Å². The molecule has 0 radical (unpaired) electrons. The molecule has 2 heterocycles. The molecule has 0 unspecified atom stereocenters. The summed E-state index contributed by atoms with van der Waals surface area (Å²) in [5.41, 5.74) is 2.02. The van der Waals surface area contributed by atoms with Gasteiger partial charge >= 0.3 is 5.97 Å². The van der Waals surface area contributed by atoms with Gasteiger partial charge in [-0.25, -0.2) is 13.2 Å².